The second-order valence-electron chi connectivity index (χ2n) is 4.50. The van der Waals surface area contributed by atoms with E-state index < -0.39 is 5.60 Å². The monoisotopic (exact) mass is 176 g/mol. The van der Waals surface area contributed by atoms with Gasteiger partial charge in [0.1, 0.15) is 0 Å². The number of hydrogen-bond donors (Lipinski definition) is 1. The molecule has 0 aliphatic heterocycles. The first-order chi connectivity index (χ1) is 6.06. The average molecular weight is 176 g/mol. The minimum atomic E-state index is -0.658. The fraction of sp³-hybridized carbons (Fsp3) is 0.500. The molecule has 1 fully saturated rings. The molecule has 1 aliphatic carbocycles. The predicted octanol–water partition coefficient (Wildman–Crippen LogP) is 2.69. The average Bonchev–Trinajstić information content (AvgIpc) is 2.87. The SMILES string of the molecule is CC1(C(C)(O)c2ccccc2)CC1. The van der Waals surface area contributed by atoms with Crippen molar-refractivity contribution in [1.82, 2.24) is 0 Å². The lowest BCUT2D eigenvalue weighted by Gasteiger charge is -2.30. The van der Waals surface area contributed by atoms with E-state index in [1.807, 2.05) is 37.3 Å². The molecule has 1 aromatic rings. The van der Waals surface area contributed by atoms with Crippen LogP contribution in [0.25, 0.3) is 0 Å². The quantitative estimate of drug-likeness (QED) is 0.734. The largest absolute Gasteiger partial charge is 0.385 e. The molecule has 1 atom stereocenters. The van der Waals surface area contributed by atoms with Crippen molar-refractivity contribution in [2.45, 2.75) is 32.3 Å². The Balaban J connectivity index is 2.35. The van der Waals surface area contributed by atoms with Gasteiger partial charge >= 0.3 is 0 Å². The van der Waals surface area contributed by atoms with Gasteiger partial charge in [-0.1, -0.05) is 37.3 Å². The third-order valence-corrected chi connectivity index (χ3v) is 3.51. The van der Waals surface area contributed by atoms with Gasteiger partial charge in [-0.15, -0.1) is 0 Å². The number of aliphatic hydroxyl groups is 1. The molecule has 1 aromatic carbocycles. The molecule has 0 saturated heterocycles. The summed E-state index contributed by atoms with van der Waals surface area (Å²) in [4.78, 5) is 0. The Morgan fingerprint density at radius 2 is 1.77 bits per heavy atom. The molecular weight excluding hydrogens is 160 g/mol. The Morgan fingerprint density at radius 3 is 2.23 bits per heavy atom. The van der Waals surface area contributed by atoms with E-state index >= 15 is 0 Å². The van der Waals surface area contributed by atoms with E-state index in [4.69, 9.17) is 0 Å². The normalized spacial score (nSPS) is 23.6. The van der Waals surface area contributed by atoms with Crippen molar-refractivity contribution < 1.29 is 5.11 Å². The van der Waals surface area contributed by atoms with Crippen molar-refractivity contribution in [2.75, 3.05) is 0 Å². The maximum atomic E-state index is 10.4. The highest BCUT2D eigenvalue weighted by Crippen LogP contribution is 2.57. The molecule has 1 N–H and O–H groups in total. The summed E-state index contributed by atoms with van der Waals surface area (Å²) in [7, 11) is 0. The van der Waals surface area contributed by atoms with Crippen LogP contribution >= 0.6 is 0 Å². The van der Waals surface area contributed by atoms with Gasteiger partial charge in [-0.3, -0.25) is 0 Å². The summed E-state index contributed by atoms with van der Waals surface area (Å²) in [6.45, 7) is 4.08. The van der Waals surface area contributed by atoms with E-state index in [1.54, 1.807) is 0 Å². The maximum absolute atomic E-state index is 10.4. The summed E-state index contributed by atoms with van der Waals surface area (Å²) < 4.78 is 0. The summed E-state index contributed by atoms with van der Waals surface area (Å²) in [5, 5.41) is 10.4. The van der Waals surface area contributed by atoms with E-state index in [1.165, 1.54) is 0 Å². The zero-order valence-corrected chi connectivity index (χ0v) is 8.25. The fourth-order valence-corrected chi connectivity index (χ4v) is 1.79. The van der Waals surface area contributed by atoms with Crippen molar-refractivity contribution in [3.8, 4) is 0 Å². The van der Waals surface area contributed by atoms with Gasteiger partial charge in [-0.25, -0.2) is 0 Å². The second-order valence-corrected chi connectivity index (χ2v) is 4.50. The topological polar surface area (TPSA) is 20.2 Å². The van der Waals surface area contributed by atoms with Crippen LogP contribution in [0.1, 0.15) is 32.3 Å². The zero-order valence-electron chi connectivity index (χ0n) is 8.25. The molecule has 0 radical (unpaired) electrons. The number of rotatable bonds is 2. The molecule has 0 aromatic heterocycles. The van der Waals surface area contributed by atoms with E-state index in [0.29, 0.717) is 0 Å². The lowest BCUT2D eigenvalue weighted by atomic mass is 9.81. The summed E-state index contributed by atoms with van der Waals surface area (Å²) in [6.07, 6.45) is 2.27. The first-order valence-electron chi connectivity index (χ1n) is 4.84. The van der Waals surface area contributed by atoms with Crippen molar-refractivity contribution in [1.29, 1.82) is 0 Å². The molecule has 1 heteroatoms. The van der Waals surface area contributed by atoms with Gasteiger partial charge in [0.15, 0.2) is 0 Å². The molecule has 0 amide bonds. The molecule has 13 heavy (non-hydrogen) atoms. The minimum Gasteiger partial charge on any atom is -0.385 e. The van der Waals surface area contributed by atoms with E-state index in [0.717, 1.165) is 18.4 Å². The maximum Gasteiger partial charge on any atom is 0.0921 e. The smallest absolute Gasteiger partial charge is 0.0921 e. The van der Waals surface area contributed by atoms with Crippen LogP contribution in [0.5, 0.6) is 0 Å². The number of hydrogen-bond acceptors (Lipinski definition) is 1. The molecule has 2 rings (SSSR count). The van der Waals surface area contributed by atoms with Crippen molar-refractivity contribution in [3.63, 3.8) is 0 Å². The zero-order chi connectivity index (χ0) is 9.53. The first kappa shape index (κ1) is 8.76. The van der Waals surface area contributed by atoms with Gasteiger partial charge in [-0.2, -0.15) is 0 Å². The fourth-order valence-electron chi connectivity index (χ4n) is 1.79. The Bertz CT molecular complexity index is 296. The van der Waals surface area contributed by atoms with Crippen LogP contribution < -0.4 is 0 Å². The van der Waals surface area contributed by atoms with Crippen LogP contribution in [-0.2, 0) is 5.60 Å². The molecule has 1 aliphatic rings. The molecule has 1 unspecified atom stereocenters. The van der Waals surface area contributed by atoms with Crippen LogP contribution in [0.3, 0.4) is 0 Å². The summed E-state index contributed by atoms with van der Waals surface area (Å²) in [6, 6.07) is 9.95. The minimum absolute atomic E-state index is 0.106. The van der Waals surface area contributed by atoms with Gasteiger partial charge in [0, 0.05) is 5.41 Å². The van der Waals surface area contributed by atoms with E-state index in [-0.39, 0.29) is 5.41 Å². The third kappa shape index (κ3) is 1.28. The van der Waals surface area contributed by atoms with Crippen LogP contribution in [0.4, 0.5) is 0 Å². The summed E-state index contributed by atoms with van der Waals surface area (Å²) in [5.74, 6) is 0. The Labute approximate surface area is 79.4 Å². The third-order valence-electron chi connectivity index (χ3n) is 3.51. The van der Waals surface area contributed by atoms with Crippen LogP contribution in [0.2, 0.25) is 0 Å². The first-order valence-corrected chi connectivity index (χ1v) is 4.84. The summed E-state index contributed by atoms with van der Waals surface area (Å²) >= 11 is 0. The van der Waals surface area contributed by atoms with Crippen LogP contribution in [-0.4, -0.2) is 5.11 Å². The molecule has 0 bridgehead atoms. The van der Waals surface area contributed by atoms with Crippen molar-refractivity contribution >= 4 is 0 Å². The second kappa shape index (κ2) is 2.58. The van der Waals surface area contributed by atoms with E-state index in [9.17, 15) is 5.11 Å². The molecule has 0 heterocycles. The molecule has 70 valence electrons. The van der Waals surface area contributed by atoms with Gasteiger partial charge in [0.2, 0.25) is 0 Å². The Kier molecular flexibility index (Phi) is 1.74. The summed E-state index contributed by atoms with van der Waals surface area (Å²) in [5.41, 5.74) is 0.484. The number of benzene rings is 1. The highest BCUT2D eigenvalue weighted by Gasteiger charge is 2.52. The standard InChI is InChI=1S/C12H16O/c1-11(8-9-11)12(2,13)10-6-4-3-5-7-10/h3-7,13H,8-9H2,1-2H3. The van der Waals surface area contributed by atoms with Gasteiger partial charge in [-0.05, 0) is 25.3 Å². The highest BCUT2D eigenvalue weighted by molar-refractivity contribution is 5.26. The van der Waals surface area contributed by atoms with Gasteiger partial charge in [0.25, 0.3) is 0 Å². The molecule has 1 saturated carbocycles. The highest BCUT2D eigenvalue weighted by atomic mass is 16.3. The van der Waals surface area contributed by atoms with Crippen molar-refractivity contribution in [3.05, 3.63) is 35.9 Å². The van der Waals surface area contributed by atoms with Crippen LogP contribution in [0.15, 0.2) is 30.3 Å². The lowest BCUT2D eigenvalue weighted by molar-refractivity contribution is -0.0126. The van der Waals surface area contributed by atoms with Gasteiger partial charge < -0.3 is 5.11 Å². The molecular formula is C12H16O. The molecule has 1 nitrogen and oxygen atoms in total. The molecule has 0 spiro atoms. The lowest BCUT2D eigenvalue weighted by Crippen LogP contribution is -2.31. The van der Waals surface area contributed by atoms with E-state index in [2.05, 4.69) is 6.92 Å². The predicted molar refractivity (Wildman–Crippen MR) is 53.4 cm³/mol. The van der Waals surface area contributed by atoms with Gasteiger partial charge in [0.05, 0.1) is 5.60 Å². The van der Waals surface area contributed by atoms with Crippen molar-refractivity contribution in [2.24, 2.45) is 5.41 Å². The Hall–Kier alpha value is -0.820. The Morgan fingerprint density at radius 1 is 1.23 bits per heavy atom. The van der Waals surface area contributed by atoms with Crippen LogP contribution in [0, 0.1) is 5.41 Å².